The summed E-state index contributed by atoms with van der Waals surface area (Å²) >= 11 is 1.03. The first-order valence-corrected chi connectivity index (χ1v) is 10.3. The van der Waals surface area contributed by atoms with E-state index in [2.05, 4.69) is 36.7 Å². The molecule has 3 rings (SSSR count). The maximum Gasteiger partial charge on any atom is 0.434 e. The lowest BCUT2D eigenvalue weighted by Crippen LogP contribution is -2.49. The number of imidazole rings is 1. The Morgan fingerprint density at radius 2 is 2.21 bits per heavy atom. The van der Waals surface area contributed by atoms with Gasteiger partial charge in [-0.15, -0.1) is 35.3 Å². The number of alkyl halides is 3. The number of hydrogen-bond donors (Lipinski definition) is 1. The highest BCUT2D eigenvalue weighted by Gasteiger charge is 2.33. The van der Waals surface area contributed by atoms with Crippen molar-refractivity contribution in [3.05, 3.63) is 34.8 Å². The predicted molar refractivity (Wildman–Crippen MR) is 119 cm³/mol. The first-order chi connectivity index (χ1) is 13.4. The van der Waals surface area contributed by atoms with Gasteiger partial charge in [0.25, 0.3) is 0 Å². The van der Waals surface area contributed by atoms with Crippen LogP contribution in [0.1, 0.15) is 37.0 Å². The third kappa shape index (κ3) is 6.30. The van der Waals surface area contributed by atoms with E-state index in [9.17, 15) is 13.2 Å². The maximum absolute atomic E-state index is 12.7. The molecule has 0 aromatic carbocycles. The van der Waals surface area contributed by atoms with Crippen molar-refractivity contribution in [1.82, 2.24) is 24.8 Å². The Labute approximate surface area is 189 Å². The van der Waals surface area contributed by atoms with Gasteiger partial charge in [0.05, 0.1) is 17.4 Å². The van der Waals surface area contributed by atoms with Crippen molar-refractivity contribution in [1.29, 1.82) is 0 Å². The van der Waals surface area contributed by atoms with Crippen LogP contribution in [0, 0.1) is 5.92 Å². The lowest BCUT2D eigenvalue weighted by molar-refractivity contribution is -0.140. The number of guanidine groups is 1. The average molecular weight is 542 g/mol. The largest absolute Gasteiger partial charge is 0.434 e. The van der Waals surface area contributed by atoms with Gasteiger partial charge in [-0.05, 0) is 19.3 Å². The summed E-state index contributed by atoms with van der Waals surface area (Å²) in [4.78, 5) is 14.7. The zero-order chi connectivity index (χ0) is 20.1. The van der Waals surface area contributed by atoms with E-state index in [1.165, 1.54) is 0 Å². The molecule has 1 fully saturated rings. The average Bonchev–Trinajstić information content (AvgIpc) is 3.33. The van der Waals surface area contributed by atoms with E-state index >= 15 is 0 Å². The SMILES string of the molecule is CCNC(=NCCc1nc(C(F)(F)F)cs1)N1CCC(C)C(n2ccnc2)C1.I. The molecule has 0 spiro atoms. The Bertz CT molecular complexity index is 777. The monoisotopic (exact) mass is 542 g/mol. The van der Waals surface area contributed by atoms with Crippen molar-refractivity contribution in [2.24, 2.45) is 10.9 Å². The van der Waals surface area contributed by atoms with Gasteiger partial charge in [-0.3, -0.25) is 4.99 Å². The highest BCUT2D eigenvalue weighted by molar-refractivity contribution is 14.0. The molecule has 0 amide bonds. The van der Waals surface area contributed by atoms with E-state index < -0.39 is 11.9 Å². The van der Waals surface area contributed by atoms with E-state index in [1.54, 1.807) is 6.20 Å². The number of nitrogens with one attached hydrogen (secondary N) is 1. The fraction of sp³-hybridized carbons (Fsp3) is 0.611. The lowest BCUT2D eigenvalue weighted by atomic mass is 9.93. The fourth-order valence-corrected chi connectivity index (χ4v) is 4.13. The molecule has 0 radical (unpaired) electrons. The molecule has 2 unspecified atom stereocenters. The molecular formula is C18H26F3IN6S. The molecule has 162 valence electrons. The van der Waals surface area contributed by atoms with Gasteiger partial charge in [-0.2, -0.15) is 13.2 Å². The minimum atomic E-state index is -4.39. The number of likely N-dealkylation sites (tertiary alicyclic amines) is 1. The van der Waals surface area contributed by atoms with Gasteiger partial charge in [0.15, 0.2) is 11.7 Å². The van der Waals surface area contributed by atoms with Crippen LogP contribution in [0.15, 0.2) is 29.1 Å². The molecule has 1 aliphatic rings. The quantitative estimate of drug-likeness (QED) is 0.352. The second kappa shape index (κ2) is 10.6. The van der Waals surface area contributed by atoms with Crippen LogP contribution in [0.5, 0.6) is 0 Å². The van der Waals surface area contributed by atoms with Gasteiger partial charge in [-0.1, -0.05) is 6.92 Å². The number of nitrogens with zero attached hydrogens (tertiary/aromatic N) is 5. The van der Waals surface area contributed by atoms with E-state index in [0.29, 0.717) is 29.9 Å². The van der Waals surface area contributed by atoms with Crippen molar-refractivity contribution < 1.29 is 13.2 Å². The molecule has 29 heavy (non-hydrogen) atoms. The molecule has 3 heterocycles. The van der Waals surface area contributed by atoms with Crippen LogP contribution < -0.4 is 5.32 Å². The van der Waals surface area contributed by atoms with Crippen molar-refractivity contribution >= 4 is 41.3 Å². The van der Waals surface area contributed by atoms with Crippen molar-refractivity contribution in [2.75, 3.05) is 26.2 Å². The van der Waals surface area contributed by atoms with E-state index in [1.807, 2.05) is 19.4 Å². The molecule has 11 heteroatoms. The Balaban J connectivity index is 0.00000300. The number of aromatic nitrogens is 3. The van der Waals surface area contributed by atoms with Gasteiger partial charge < -0.3 is 14.8 Å². The molecule has 0 bridgehead atoms. The molecule has 0 saturated carbocycles. The number of halogens is 4. The normalized spacial score (nSPS) is 20.4. The van der Waals surface area contributed by atoms with E-state index in [4.69, 9.17) is 0 Å². The summed E-state index contributed by atoms with van der Waals surface area (Å²) < 4.78 is 40.2. The Morgan fingerprint density at radius 1 is 1.41 bits per heavy atom. The second-order valence-corrected chi connectivity index (χ2v) is 7.84. The third-order valence-corrected chi connectivity index (χ3v) is 5.80. The molecule has 1 N–H and O–H groups in total. The van der Waals surface area contributed by atoms with Crippen LogP contribution in [-0.2, 0) is 12.6 Å². The summed E-state index contributed by atoms with van der Waals surface area (Å²) in [5.41, 5.74) is -0.823. The van der Waals surface area contributed by atoms with Gasteiger partial charge >= 0.3 is 6.18 Å². The molecule has 2 aromatic heterocycles. The van der Waals surface area contributed by atoms with Crippen LogP contribution in [0.3, 0.4) is 0 Å². The second-order valence-electron chi connectivity index (χ2n) is 6.90. The summed E-state index contributed by atoms with van der Waals surface area (Å²) in [5.74, 6) is 1.33. The highest BCUT2D eigenvalue weighted by atomic mass is 127. The van der Waals surface area contributed by atoms with Crippen LogP contribution in [0.4, 0.5) is 13.2 Å². The number of piperidine rings is 1. The number of thiazole rings is 1. The van der Waals surface area contributed by atoms with Crippen LogP contribution in [0.25, 0.3) is 0 Å². The Kier molecular flexibility index (Phi) is 8.73. The third-order valence-electron chi connectivity index (χ3n) is 4.89. The van der Waals surface area contributed by atoms with Crippen LogP contribution >= 0.6 is 35.3 Å². The van der Waals surface area contributed by atoms with E-state index in [0.717, 1.165) is 48.7 Å². The first kappa shape index (κ1) is 23.9. The molecule has 1 saturated heterocycles. The minimum absolute atomic E-state index is 0. The summed E-state index contributed by atoms with van der Waals surface area (Å²) in [6, 6.07) is 0.313. The standard InChI is InChI=1S/C18H25F3N6S.HI/c1-3-23-17(24-6-4-16-25-15(11-28-16)18(19,20)21)26-8-5-13(2)14(10-26)27-9-7-22-12-27;/h7,9,11-14H,3-6,8,10H2,1-2H3,(H,23,24);1H. The zero-order valence-corrected chi connectivity index (χ0v) is 19.5. The zero-order valence-electron chi connectivity index (χ0n) is 16.4. The number of aliphatic imine (C=N–C) groups is 1. The predicted octanol–water partition coefficient (Wildman–Crippen LogP) is 4.07. The van der Waals surface area contributed by atoms with Crippen molar-refractivity contribution in [2.45, 2.75) is 38.9 Å². The molecule has 6 nitrogen and oxygen atoms in total. The molecule has 2 atom stereocenters. The van der Waals surface area contributed by atoms with Gasteiger partial charge in [0.2, 0.25) is 0 Å². The lowest BCUT2D eigenvalue weighted by Gasteiger charge is -2.39. The fourth-order valence-electron chi connectivity index (χ4n) is 3.33. The van der Waals surface area contributed by atoms with Crippen molar-refractivity contribution in [3.63, 3.8) is 0 Å². The Hall–Kier alpha value is -1.37. The molecule has 2 aromatic rings. The molecule has 1 aliphatic heterocycles. The van der Waals surface area contributed by atoms with Crippen LogP contribution in [-0.4, -0.2) is 51.6 Å². The van der Waals surface area contributed by atoms with Crippen LogP contribution in [0.2, 0.25) is 0 Å². The molecular weight excluding hydrogens is 516 g/mol. The van der Waals surface area contributed by atoms with Gasteiger partial charge in [-0.25, -0.2) is 9.97 Å². The van der Waals surface area contributed by atoms with E-state index in [-0.39, 0.29) is 24.0 Å². The number of rotatable bonds is 5. The summed E-state index contributed by atoms with van der Waals surface area (Å²) in [5, 5.41) is 4.82. The highest BCUT2D eigenvalue weighted by Crippen LogP contribution is 2.30. The Morgan fingerprint density at radius 3 is 2.83 bits per heavy atom. The number of hydrogen-bond acceptors (Lipinski definition) is 4. The van der Waals surface area contributed by atoms with Gasteiger partial charge in [0.1, 0.15) is 0 Å². The van der Waals surface area contributed by atoms with Crippen molar-refractivity contribution in [3.8, 4) is 0 Å². The smallest absolute Gasteiger partial charge is 0.357 e. The molecule has 0 aliphatic carbocycles. The first-order valence-electron chi connectivity index (χ1n) is 9.40. The minimum Gasteiger partial charge on any atom is -0.357 e. The summed E-state index contributed by atoms with van der Waals surface area (Å²) in [6.07, 6.45) is 2.65. The summed E-state index contributed by atoms with van der Waals surface area (Å²) in [7, 11) is 0. The topological polar surface area (TPSA) is 58.3 Å². The summed E-state index contributed by atoms with van der Waals surface area (Å²) in [6.45, 7) is 7.09. The maximum atomic E-state index is 12.7. The van der Waals surface area contributed by atoms with Gasteiger partial charge in [0, 0.05) is 50.4 Å².